The number of hydrogen-bond acceptors (Lipinski definition) is 4. The summed E-state index contributed by atoms with van der Waals surface area (Å²) in [4.78, 5) is 2.41. The molecule has 1 saturated heterocycles. The van der Waals surface area contributed by atoms with Crippen molar-refractivity contribution in [3.8, 4) is 0 Å². The Kier molecular flexibility index (Phi) is 5.87. The molecule has 0 amide bonds. The lowest BCUT2D eigenvalue weighted by atomic mass is 9.86. The average Bonchev–Trinajstić information content (AvgIpc) is 2.38. The van der Waals surface area contributed by atoms with Crippen LogP contribution in [0.1, 0.15) is 38.5 Å². The molecule has 1 saturated carbocycles. The van der Waals surface area contributed by atoms with Gasteiger partial charge in [0.15, 0.2) is 0 Å². The van der Waals surface area contributed by atoms with E-state index in [-0.39, 0.29) is 0 Å². The Morgan fingerprint density at radius 3 is 2.15 bits per heavy atom. The molecule has 1 heterocycles. The largest absolute Gasteiger partial charge is 0.314 e. The first kappa shape index (κ1) is 16.2. The molecule has 0 aromatic carbocycles. The topological polar surface area (TPSA) is 49.4 Å². The molecule has 0 radical (unpaired) electrons. The Bertz CT molecular complexity index is 381. The fourth-order valence-electron chi connectivity index (χ4n) is 3.56. The van der Waals surface area contributed by atoms with Crippen molar-refractivity contribution in [1.82, 2.24) is 10.2 Å². The third-order valence-corrected chi connectivity index (χ3v) is 6.00. The van der Waals surface area contributed by atoms with E-state index in [1.165, 1.54) is 32.2 Å². The van der Waals surface area contributed by atoms with Crippen molar-refractivity contribution < 1.29 is 8.42 Å². The second-order valence-corrected chi connectivity index (χ2v) is 9.15. The van der Waals surface area contributed by atoms with Crippen molar-refractivity contribution >= 4 is 9.84 Å². The third-order valence-electron chi connectivity index (χ3n) is 4.92. The van der Waals surface area contributed by atoms with Gasteiger partial charge in [-0.1, -0.05) is 0 Å². The van der Waals surface area contributed by atoms with Gasteiger partial charge in [-0.3, -0.25) is 0 Å². The number of nitrogens with one attached hydrogen (secondary N) is 1. The van der Waals surface area contributed by atoms with Crippen LogP contribution in [0.15, 0.2) is 0 Å². The van der Waals surface area contributed by atoms with Gasteiger partial charge >= 0.3 is 0 Å². The monoisotopic (exact) mass is 302 g/mol. The van der Waals surface area contributed by atoms with E-state index >= 15 is 0 Å². The first-order chi connectivity index (χ1) is 9.42. The van der Waals surface area contributed by atoms with Crippen LogP contribution >= 0.6 is 0 Å². The van der Waals surface area contributed by atoms with E-state index in [1.54, 1.807) is 0 Å². The molecule has 118 valence electrons. The lowest BCUT2D eigenvalue weighted by Gasteiger charge is -2.33. The molecule has 2 aliphatic rings. The van der Waals surface area contributed by atoms with E-state index in [0.717, 1.165) is 38.1 Å². The molecule has 4 nitrogen and oxygen atoms in total. The summed E-state index contributed by atoms with van der Waals surface area (Å²) < 4.78 is 22.6. The van der Waals surface area contributed by atoms with Crippen LogP contribution in [0.4, 0.5) is 0 Å². The van der Waals surface area contributed by atoms with Crippen molar-refractivity contribution in [1.29, 1.82) is 0 Å². The van der Waals surface area contributed by atoms with Crippen molar-refractivity contribution in [2.24, 2.45) is 11.8 Å². The molecule has 0 bridgehead atoms. The zero-order chi connectivity index (χ0) is 14.6. The SMILES string of the molecule is CN1CCC(CNC2CCC(CS(C)(=O)=O)CC2)CC1. The highest BCUT2D eigenvalue weighted by Crippen LogP contribution is 2.26. The molecule has 1 aliphatic carbocycles. The van der Waals surface area contributed by atoms with Crippen molar-refractivity contribution in [3.63, 3.8) is 0 Å². The summed E-state index contributed by atoms with van der Waals surface area (Å²) in [5.74, 6) is 1.61. The number of hydrogen-bond donors (Lipinski definition) is 1. The Balaban J connectivity index is 1.62. The first-order valence-electron chi connectivity index (χ1n) is 8.02. The van der Waals surface area contributed by atoms with Gasteiger partial charge in [0.1, 0.15) is 9.84 Å². The smallest absolute Gasteiger partial charge is 0.147 e. The summed E-state index contributed by atoms with van der Waals surface area (Å²) >= 11 is 0. The van der Waals surface area contributed by atoms with E-state index in [2.05, 4.69) is 17.3 Å². The highest BCUT2D eigenvalue weighted by molar-refractivity contribution is 7.90. The average molecular weight is 302 g/mol. The minimum Gasteiger partial charge on any atom is -0.314 e. The quantitative estimate of drug-likeness (QED) is 0.836. The fraction of sp³-hybridized carbons (Fsp3) is 1.00. The molecule has 5 heteroatoms. The summed E-state index contributed by atoms with van der Waals surface area (Å²) in [6.07, 6.45) is 8.41. The van der Waals surface area contributed by atoms with E-state index < -0.39 is 9.84 Å². The second-order valence-electron chi connectivity index (χ2n) is 6.96. The molecule has 0 aromatic rings. The van der Waals surface area contributed by atoms with E-state index in [9.17, 15) is 8.42 Å². The Morgan fingerprint density at radius 2 is 1.60 bits per heavy atom. The molecule has 20 heavy (non-hydrogen) atoms. The normalized spacial score (nSPS) is 30.5. The zero-order valence-electron chi connectivity index (χ0n) is 13.0. The van der Waals surface area contributed by atoms with E-state index in [4.69, 9.17) is 0 Å². The predicted octanol–water partition coefficient (Wildman–Crippen LogP) is 1.52. The van der Waals surface area contributed by atoms with Crippen LogP contribution in [0, 0.1) is 11.8 Å². The van der Waals surface area contributed by atoms with Gasteiger partial charge in [-0.15, -0.1) is 0 Å². The highest BCUT2D eigenvalue weighted by atomic mass is 32.2. The standard InChI is InChI=1S/C15H30N2O2S/c1-17-9-7-13(8-10-17)11-16-15-5-3-14(4-6-15)12-20(2,18)19/h13-16H,3-12H2,1-2H3. The van der Waals surface area contributed by atoms with Gasteiger partial charge in [-0.05, 0) is 77.0 Å². The van der Waals surface area contributed by atoms with E-state index in [1.807, 2.05) is 0 Å². The summed E-state index contributed by atoms with van der Waals surface area (Å²) in [7, 11) is -0.600. The van der Waals surface area contributed by atoms with Crippen LogP contribution in [0.5, 0.6) is 0 Å². The van der Waals surface area contributed by atoms with E-state index in [0.29, 0.717) is 17.7 Å². The highest BCUT2D eigenvalue weighted by Gasteiger charge is 2.24. The summed E-state index contributed by atoms with van der Waals surface area (Å²) in [5.41, 5.74) is 0. The van der Waals surface area contributed by atoms with Crippen LogP contribution in [-0.4, -0.2) is 58.1 Å². The molecule has 0 aromatic heterocycles. The van der Waals surface area contributed by atoms with Crippen LogP contribution in [0.3, 0.4) is 0 Å². The Hall–Kier alpha value is -0.130. The molecule has 1 N–H and O–H groups in total. The third kappa shape index (κ3) is 5.70. The molecular formula is C15H30N2O2S. The first-order valence-corrected chi connectivity index (χ1v) is 10.1. The predicted molar refractivity (Wildman–Crippen MR) is 83.7 cm³/mol. The molecule has 2 fully saturated rings. The number of rotatable bonds is 5. The molecule has 0 spiro atoms. The number of piperidine rings is 1. The van der Waals surface area contributed by atoms with Crippen molar-refractivity contribution in [2.45, 2.75) is 44.6 Å². The van der Waals surface area contributed by atoms with Gasteiger partial charge in [-0.2, -0.15) is 0 Å². The van der Waals surface area contributed by atoms with Crippen LogP contribution in [0.2, 0.25) is 0 Å². The maximum absolute atomic E-state index is 11.3. The Labute approximate surface area is 124 Å². The van der Waals surface area contributed by atoms with Gasteiger partial charge < -0.3 is 10.2 Å². The number of likely N-dealkylation sites (tertiary alicyclic amines) is 1. The molecular weight excluding hydrogens is 272 g/mol. The van der Waals surface area contributed by atoms with Crippen molar-refractivity contribution in [3.05, 3.63) is 0 Å². The summed E-state index contributed by atoms with van der Waals surface area (Å²) in [6.45, 7) is 3.61. The summed E-state index contributed by atoms with van der Waals surface area (Å²) in [6, 6.07) is 0.616. The van der Waals surface area contributed by atoms with Gasteiger partial charge in [0.2, 0.25) is 0 Å². The van der Waals surface area contributed by atoms with Gasteiger partial charge in [0.05, 0.1) is 5.75 Å². The maximum Gasteiger partial charge on any atom is 0.147 e. The van der Waals surface area contributed by atoms with Crippen molar-refractivity contribution in [2.75, 3.05) is 38.7 Å². The lowest BCUT2D eigenvalue weighted by Crippen LogP contribution is -2.40. The van der Waals surface area contributed by atoms with Gasteiger partial charge in [0.25, 0.3) is 0 Å². The Morgan fingerprint density at radius 1 is 1.00 bits per heavy atom. The van der Waals surface area contributed by atoms with Gasteiger partial charge in [0, 0.05) is 12.3 Å². The zero-order valence-corrected chi connectivity index (χ0v) is 13.8. The number of sulfone groups is 1. The second kappa shape index (κ2) is 7.23. The van der Waals surface area contributed by atoms with Gasteiger partial charge in [-0.25, -0.2) is 8.42 Å². The molecule has 0 unspecified atom stereocenters. The van der Waals surface area contributed by atoms with Crippen LogP contribution in [-0.2, 0) is 9.84 Å². The van der Waals surface area contributed by atoms with Crippen LogP contribution in [0.25, 0.3) is 0 Å². The van der Waals surface area contributed by atoms with Crippen LogP contribution < -0.4 is 5.32 Å². The molecule has 1 aliphatic heterocycles. The minimum absolute atomic E-state index is 0.384. The lowest BCUT2D eigenvalue weighted by molar-refractivity contribution is 0.205. The maximum atomic E-state index is 11.3. The summed E-state index contributed by atoms with van der Waals surface area (Å²) in [5, 5.41) is 3.72. The minimum atomic E-state index is -2.80. The molecule has 2 rings (SSSR count). The fourth-order valence-corrected chi connectivity index (χ4v) is 4.75. The molecule has 0 atom stereocenters. The number of nitrogens with zero attached hydrogens (tertiary/aromatic N) is 1.